The monoisotopic (exact) mass is 752 g/mol. The van der Waals surface area contributed by atoms with Crippen LogP contribution in [0.4, 0.5) is 0 Å². The predicted molar refractivity (Wildman–Crippen MR) is 207 cm³/mol. The Balaban J connectivity index is 1.21. The lowest BCUT2D eigenvalue weighted by Gasteiger charge is -2.01. The van der Waals surface area contributed by atoms with E-state index in [2.05, 4.69) is 54.6 Å². The number of thiophene rings is 5. The molecule has 0 saturated carbocycles. The third-order valence-corrected chi connectivity index (χ3v) is 14.5. The maximum absolute atomic E-state index is 11.6. The largest absolute Gasteiger partial charge is 0.481 e. The Labute approximate surface area is 307 Å². The average molecular weight is 753 g/mol. The minimum atomic E-state index is -0.962. The van der Waals surface area contributed by atoms with Crippen molar-refractivity contribution in [1.29, 1.82) is 0 Å². The van der Waals surface area contributed by atoms with Crippen LogP contribution in [0.15, 0.2) is 103 Å². The Bertz CT molecular complexity index is 2320. The lowest BCUT2D eigenvalue weighted by molar-refractivity contribution is -0.138. The minimum absolute atomic E-state index is 0.0203. The van der Waals surface area contributed by atoms with E-state index in [0.29, 0.717) is 12.8 Å². The highest BCUT2D eigenvalue weighted by atomic mass is 32.1. The molecule has 0 radical (unpaired) electrons. The molecule has 0 aliphatic heterocycles. The van der Waals surface area contributed by atoms with Gasteiger partial charge in [0.1, 0.15) is 0 Å². The number of benzene rings is 2. The number of aromatic carboxylic acids is 1. The zero-order valence-corrected chi connectivity index (χ0v) is 30.3. The van der Waals surface area contributed by atoms with Gasteiger partial charge in [0.05, 0.1) is 5.56 Å². The molecule has 5 heterocycles. The summed E-state index contributed by atoms with van der Waals surface area (Å²) in [5, 5.41) is 28.3. The van der Waals surface area contributed by atoms with Crippen molar-refractivity contribution in [3.63, 3.8) is 0 Å². The molecule has 0 unspecified atom stereocenters. The second-order valence-corrected chi connectivity index (χ2v) is 16.8. The van der Waals surface area contributed by atoms with Crippen LogP contribution in [-0.4, -0.2) is 33.2 Å². The van der Waals surface area contributed by atoms with Gasteiger partial charge in [-0.3, -0.25) is 9.59 Å². The molecule has 0 aliphatic carbocycles. The van der Waals surface area contributed by atoms with Gasteiger partial charge in [0, 0.05) is 61.6 Å². The van der Waals surface area contributed by atoms with Gasteiger partial charge in [-0.25, -0.2) is 4.79 Å². The molecule has 0 atom stereocenters. The van der Waals surface area contributed by atoms with Crippen LogP contribution in [0.2, 0.25) is 0 Å². The fraction of sp³-hybridized carbons (Fsp3) is 0.103. The molecule has 0 amide bonds. The average Bonchev–Trinajstić information content (AvgIpc) is 3.96. The summed E-state index contributed by atoms with van der Waals surface area (Å²) in [5.74, 6) is -2.64. The number of carboxylic acid groups (broad SMARTS) is 3. The fourth-order valence-electron chi connectivity index (χ4n) is 5.58. The van der Waals surface area contributed by atoms with Gasteiger partial charge in [0.2, 0.25) is 0 Å². The number of carboxylic acids is 3. The number of hydrogen-bond acceptors (Lipinski definition) is 8. The van der Waals surface area contributed by atoms with Gasteiger partial charge < -0.3 is 15.3 Å². The zero-order chi connectivity index (χ0) is 34.8. The van der Waals surface area contributed by atoms with Crippen LogP contribution in [0, 0.1) is 0 Å². The van der Waals surface area contributed by atoms with E-state index in [9.17, 15) is 29.7 Å². The predicted octanol–water partition coefficient (Wildman–Crippen LogP) is 11.7. The summed E-state index contributed by atoms with van der Waals surface area (Å²) in [5.41, 5.74) is 4.33. The first-order valence-electron chi connectivity index (χ1n) is 15.6. The smallest absolute Gasteiger partial charge is 0.335 e. The minimum Gasteiger partial charge on any atom is -0.481 e. The molecule has 0 fully saturated rings. The van der Waals surface area contributed by atoms with Gasteiger partial charge in [-0.15, -0.1) is 56.7 Å². The van der Waals surface area contributed by atoms with Crippen LogP contribution in [0.1, 0.15) is 34.3 Å². The number of aryl methyl sites for hydroxylation is 2. The first kappa shape index (κ1) is 33.8. The van der Waals surface area contributed by atoms with Crippen LogP contribution < -0.4 is 0 Å². The molecule has 7 aromatic rings. The molecule has 5 aromatic heterocycles. The van der Waals surface area contributed by atoms with Crippen molar-refractivity contribution in [2.45, 2.75) is 25.7 Å². The van der Waals surface area contributed by atoms with Crippen LogP contribution in [0.5, 0.6) is 0 Å². The van der Waals surface area contributed by atoms with E-state index in [1.807, 2.05) is 36.4 Å². The number of rotatable bonds is 13. The molecule has 6 nitrogen and oxygen atoms in total. The highest BCUT2D eigenvalue weighted by molar-refractivity contribution is 7.30. The first-order chi connectivity index (χ1) is 24.2. The van der Waals surface area contributed by atoms with Gasteiger partial charge in [-0.2, -0.15) is 0 Å². The molecule has 7 rings (SSSR count). The van der Waals surface area contributed by atoms with Gasteiger partial charge in [-0.1, -0.05) is 42.5 Å². The molecular formula is C39H28O6S5. The van der Waals surface area contributed by atoms with E-state index in [1.165, 1.54) is 4.88 Å². The van der Waals surface area contributed by atoms with Crippen molar-refractivity contribution < 1.29 is 29.7 Å². The lowest BCUT2D eigenvalue weighted by atomic mass is 10.1. The summed E-state index contributed by atoms with van der Waals surface area (Å²) < 4.78 is 0. The molecule has 0 spiro atoms. The Morgan fingerprint density at radius 3 is 1.32 bits per heavy atom. The molecule has 3 N–H and O–H groups in total. The van der Waals surface area contributed by atoms with Crippen LogP contribution in [-0.2, 0) is 22.4 Å². The summed E-state index contributed by atoms with van der Waals surface area (Å²) in [6.45, 7) is 0. The fourth-order valence-corrected chi connectivity index (χ4v) is 11.5. The molecule has 11 heteroatoms. The SMILES string of the molecule is O=C(O)CCc1cc(-c2ccc(-c3ccccc3)s2)sc1-c1ccc(-c2sc(-c3ccc(-c4ccc(C(=O)O)cc4)s3)cc2CCC(=O)O)s1. The molecular weight excluding hydrogens is 725 g/mol. The van der Waals surface area contributed by atoms with Gasteiger partial charge in [-0.05, 0) is 95.8 Å². The maximum Gasteiger partial charge on any atom is 0.335 e. The maximum atomic E-state index is 11.6. The highest BCUT2D eigenvalue weighted by Gasteiger charge is 2.20. The summed E-state index contributed by atoms with van der Waals surface area (Å²) in [7, 11) is 0. The normalized spacial score (nSPS) is 11.2. The summed E-state index contributed by atoms with van der Waals surface area (Å²) in [6.07, 6.45) is 0.893. The van der Waals surface area contributed by atoms with Crippen molar-refractivity contribution in [3.8, 4) is 59.9 Å². The van der Waals surface area contributed by atoms with Crippen LogP contribution in [0.3, 0.4) is 0 Å². The highest BCUT2D eigenvalue weighted by Crippen LogP contribution is 2.49. The number of aliphatic carboxylic acids is 2. The Morgan fingerprint density at radius 2 is 0.860 bits per heavy atom. The van der Waals surface area contributed by atoms with Gasteiger partial charge in [0.25, 0.3) is 0 Å². The molecule has 2 aromatic carbocycles. The quantitative estimate of drug-likeness (QED) is 0.108. The van der Waals surface area contributed by atoms with Gasteiger partial charge >= 0.3 is 17.9 Å². The molecule has 0 bridgehead atoms. The van der Waals surface area contributed by atoms with Crippen molar-refractivity contribution in [2.75, 3.05) is 0 Å². The molecule has 0 aliphatic rings. The summed E-state index contributed by atoms with van der Waals surface area (Å²) in [4.78, 5) is 45.2. The van der Waals surface area contributed by atoms with E-state index >= 15 is 0 Å². The van der Waals surface area contributed by atoms with Crippen LogP contribution in [0.25, 0.3) is 59.9 Å². The van der Waals surface area contributed by atoms with E-state index in [0.717, 1.165) is 66.1 Å². The Hall–Kier alpha value is -4.65. The Kier molecular flexibility index (Phi) is 9.93. The van der Waals surface area contributed by atoms with E-state index in [-0.39, 0.29) is 18.4 Å². The molecule has 50 heavy (non-hydrogen) atoms. The standard InChI is InChI=1S/C39H28O6S5/c40-35(41)18-10-25-20-33(29-14-12-27(46-29)22-4-2-1-3-5-22)49-37(25)31-16-17-32(48-31)38-26(11-19-36(42)43)21-34(50-38)30-15-13-28(47-30)23-6-8-24(9-7-23)39(44)45/h1-9,12-17,20-21H,10-11,18-19H2,(H,40,41)(H,42,43)(H,44,45). The second kappa shape index (κ2) is 14.7. The van der Waals surface area contributed by atoms with Crippen molar-refractivity contribution in [1.82, 2.24) is 0 Å². The number of carbonyl (C=O) groups is 3. The third kappa shape index (κ3) is 7.42. The topological polar surface area (TPSA) is 112 Å². The van der Waals surface area contributed by atoms with E-state index < -0.39 is 17.9 Å². The molecule has 0 saturated heterocycles. The summed E-state index contributed by atoms with van der Waals surface area (Å²) >= 11 is 8.30. The third-order valence-electron chi connectivity index (χ3n) is 8.06. The van der Waals surface area contributed by atoms with Crippen molar-refractivity contribution in [3.05, 3.63) is 120 Å². The van der Waals surface area contributed by atoms with E-state index in [4.69, 9.17) is 0 Å². The van der Waals surface area contributed by atoms with E-state index in [1.54, 1.807) is 68.8 Å². The second-order valence-electron chi connectivity index (χ2n) is 11.5. The molecule has 250 valence electrons. The first-order valence-corrected chi connectivity index (χ1v) is 19.7. The number of hydrogen-bond donors (Lipinski definition) is 3. The lowest BCUT2D eigenvalue weighted by Crippen LogP contribution is -1.97. The van der Waals surface area contributed by atoms with Crippen LogP contribution >= 0.6 is 56.7 Å². The zero-order valence-electron chi connectivity index (χ0n) is 26.3. The summed E-state index contributed by atoms with van der Waals surface area (Å²) in [6, 6.07) is 33.8. The van der Waals surface area contributed by atoms with Crippen molar-refractivity contribution >= 4 is 74.6 Å². The van der Waals surface area contributed by atoms with Crippen molar-refractivity contribution in [2.24, 2.45) is 0 Å². The Morgan fingerprint density at radius 1 is 0.440 bits per heavy atom. The van der Waals surface area contributed by atoms with Gasteiger partial charge in [0.15, 0.2) is 0 Å².